The summed E-state index contributed by atoms with van der Waals surface area (Å²) in [6, 6.07) is 3.84. The first kappa shape index (κ1) is 19.0. The van der Waals surface area contributed by atoms with Crippen LogP contribution in [0.25, 0.3) is 0 Å². The zero-order chi connectivity index (χ0) is 17.5. The standard InChI is InChI=1S/C17H22Cl2N2O3/c18-12-8-5-9-13(19)15(12)16(22)21-14(10-20)17(23)24-11-6-3-1-2-4-7-11/h5,8-9,11,14H,1-4,6-7,10,20H2,(H,21,22)/t14-/m0/s1. The lowest BCUT2D eigenvalue weighted by Crippen LogP contribution is -2.47. The second kappa shape index (κ2) is 9.25. The van der Waals surface area contributed by atoms with E-state index in [1.54, 1.807) is 18.2 Å². The van der Waals surface area contributed by atoms with Crippen molar-refractivity contribution in [2.75, 3.05) is 6.54 Å². The molecule has 1 aromatic rings. The van der Waals surface area contributed by atoms with Crippen LogP contribution in [0, 0.1) is 0 Å². The topological polar surface area (TPSA) is 81.4 Å². The van der Waals surface area contributed by atoms with Gasteiger partial charge in [0, 0.05) is 6.54 Å². The highest BCUT2D eigenvalue weighted by Crippen LogP contribution is 2.24. The second-order valence-corrected chi connectivity index (χ2v) is 6.72. The molecule has 3 N–H and O–H groups in total. The molecule has 0 aromatic heterocycles. The maximum atomic E-state index is 12.4. The monoisotopic (exact) mass is 372 g/mol. The first-order valence-corrected chi connectivity index (χ1v) is 8.94. The van der Waals surface area contributed by atoms with Crippen LogP contribution in [0.3, 0.4) is 0 Å². The summed E-state index contributed by atoms with van der Waals surface area (Å²) < 4.78 is 5.52. The third-order valence-corrected chi connectivity index (χ3v) is 4.73. The van der Waals surface area contributed by atoms with Gasteiger partial charge in [0.1, 0.15) is 12.1 Å². The van der Waals surface area contributed by atoms with Crippen LogP contribution in [0.2, 0.25) is 10.0 Å². The van der Waals surface area contributed by atoms with Crippen LogP contribution in [-0.4, -0.2) is 30.6 Å². The van der Waals surface area contributed by atoms with Gasteiger partial charge in [0.15, 0.2) is 0 Å². The van der Waals surface area contributed by atoms with Gasteiger partial charge in [-0.25, -0.2) is 4.79 Å². The Morgan fingerprint density at radius 3 is 2.29 bits per heavy atom. The Morgan fingerprint density at radius 2 is 1.75 bits per heavy atom. The van der Waals surface area contributed by atoms with Crippen molar-refractivity contribution in [3.8, 4) is 0 Å². The molecule has 0 heterocycles. The van der Waals surface area contributed by atoms with Crippen LogP contribution in [0.1, 0.15) is 48.9 Å². The zero-order valence-corrected chi connectivity index (χ0v) is 14.9. The predicted octanol–water partition coefficient (Wildman–Crippen LogP) is 3.32. The number of carbonyl (C=O) groups excluding carboxylic acids is 2. The lowest BCUT2D eigenvalue weighted by molar-refractivity contribution is -0.151. The number of nitrogens with one attached hydrogen (secondary N) is 1. The molecule has 0 radical (unpaired) electrons. The molecule has 1 atom stereocenters. The number of hydrogen-bond acceptors (Lipinski definition) is 4. The second-order valence-electron chi connectivity index (χ2n) is 5.91. The van der Waals surface area contributed by atoms with Crippen molar-refractivity contribution >= 4 is 35.1 Å². The minimum atomic E-state index is -0.923. The molecule has 0 aliphatic heterocycles. The van der Waals surface area contributed by atoms with Gasteiger partial charge >= 0.3 is 5.97 Å². The van der Waals surface area contributed by atoms with Gasteiger partial charge in [-0.1, -0.05) is 42.1 Å². The molecule has 5 nitrogen and oxygen atoms in total. The Bertz CT molecular complexity index is 567. The van der Waals surface area contributed by atoms with Gasteiger partial charge in [-0.2, -0.15) is 0 Å². The number of carbonyl (C=O) groups is 2. The number of halogens is 2. The summed E-state index contributed by atoms with van der Waals surface area (Å²) in [4.78, 5) is 24.7. The van der Waals surface area contributed by atoms with E-state index in [4.69, 9.17) is 33.7 Å². The minimum absolute atomic E-state index is 0.0562. The van der Waals surface area contributed by atoms with Gasteiger partial charge in [-0.15, -0.1) is 0 Å². The van der Waals surface area contributed by atoms with Gasteiger partial charge in [-0.3, -0.25) is 4.79 Å². The number of amides is 1. The first-order valence-electron chi connectivity index (χ1n) is 8.18. The molecule has 2 rings (SSSR count). The number of nitrogens with two attached hydrogens (primary N) is 1. The number of rotatable bonds is 5. The van der Waals surface area contributed by atoms with Crippen LogP contribution in [0.15, 0.2) is 18.2 Å². The third-order valence-electron chi connectivity index (χ3n) is 4.10. The van der Waals surface area contributed by atoms with Crippen molar-refractivity contribution in [3.05, 3.63) is 33.8 Å². The van der Waals surface area contributed by atoms with E-state index >= 15 is 0 Å². The molecule has 24 heavy (non-hydrogen) atoms. The van der Waals surface area contributed by atoms with E-state index < -0.39 is 17.9 Å². The lowest BCUT2D eigenvalue weighted by Gasteiger charge is -2.21. The largest absolute Gasteiger partial charge is 0.461 e. The Labute approximate surface area is 151 Å². The molecule has 0 bridgehead atoms. The summed E-state index contributed by atoms with van der Waals surface area (Å²) in [5.41, 5.74) is 5.76. The van der Waals surface area contributed by atoms with Crippen molar-refractivity contribution < 1.29 is 14.3 Å². The van der Waals surface area contributed by atoms with Crippen molar-refractivity contribution in [2.24, 2.45) is 5.73 Å². The van der Waals surface area contributed by atoms with Gasteiger partial charge in [0.05, 0.1) is 15.6 Å². The molecule has 0 unspecified atom stereocenters. The van der Waals surface area contributed by atoms with Gasteiger partial charge in [0.2, 0.25) is 0 Å². The van der Waals surface area contributed by atoms with E-state index in [0.29, 0.717) is 0 Å². The van der Waals surface area contributed by atoms with Crippen molar-refractivity contribution in [1.82, 2.24) is 5.32 Å². The van der Waals surface area contributed by atoms with Crippen LogP contribution < -0.4 is 11.1 Å². The predicted molar refractivity (Wildman–Crippen MR) is 94.4 cm³/mol. The van der Waals surface area contributed by atoms with Crippen molar-refractivity contribution in [1.29, 1.82) is 0 Å². The molecular weight excluding hydrogens is 351 g/mol. The number of esters is 1. The zero-order valence-electron chi connectivity index (χ0n) is 13.4. The van der Waals surface area contributed by atoms with E-state index in [-0.39, 0.29) is 28.3 Å². The number of hydrogen-bond donors (Lipinski definition) is 2. The normalized spacial score (nSPS) is 17.0. The summed E-state index contributed by atoms with van der Waals surface area (Å²) >= 11 is 12.0. The molecule has 0 saturated heterocycles. The van der Waals surface area contributed by atoms with Crippen LogP contribution >= 0.6 is 23.2 Å². The Hall–Kier alpha value is -1.30. The Balaban J connectivity index is 2.00. The Morgan fingerprint density at radius 1 is 1.17 bits per heavy atom. The molecule has 132 valence electrons. The summed E-state index contributed by atoms with van der Waals surface area (Å²) in [7, 11) is 0. The Kier molecular flexibility index (Phi) is 7.34. The third kappa shape index (κ3) is 5.10. The molecule has 1 aromatic carbocycles. The SMILES string of the molecule is NC[C@H](NC(=O)c1c(Cl)cccc1Cl)C(=O)OC1CCCCCC1. The average Bonchev–Trinajstić information content (AvgIpc) is 2.81. The average molecular weight is 373 g/mol. The molecule has 1 aliphatic rings. The van der Waals surface area contributed by atoms with Gasteiger partial charge in [0.25, 0.3) is 5.91 Å². The highest BCUT2D eigenvalue weighted by atomic mass is 35.5. The maximum absolute atomic E-state index is 12.4. The molecule has 1 amide bonds. The van der Waals surface area contributed by atoms with Gasteiger partial charge in [-0.05, 0) is 37.8 Å². The van der Waals surface area contributed by atoms with Crippen molar-refractivity contribution in [2.45, 2.75) is 50.7 Å². The van der Waals surface area contributed by atoms with E-state index in [9.17, 15) is 9.59 Å². The first-order chi connectivity index (χ1) is 11.5. The van der Waals surface area contributed by atoms with E-state index in [0.717, 1.165) is 38.5 Å². The molecule has 1 aliphatic carbocycles. The number of ether oxygens (including phenoxy) is 1. The molecular formula is C17H22Cl2N2O3. The molecule has 7 heteroatoms. The minimum Gasteiger partial charge on any atom is -0.461 e. The fourth-order valence-electron chi connectivity index (χ4n) is 2.77. The number of benzene rings is 1. The smallest absolute Gasteiger partial charge is 0.330 e. The van der Waals surface area contributed by atoms with Crippen LogP contribution in [0.5, 0.6) is 0 Å². The van der Waals surface area contributed by atoms with Crippen LogP contribution in [0.4, 0.5) is 0 Å². The fraction of sp³-hybridized carbons (Fsp3) is 0.529. The summed E-state index contributed by atoms with van der Waals surface area (Å²) in [6.45, 7) is -0.0562. The molecule has 1 fully saturated rings. The highest BCUT2D eigenvalue weighted by Gasteiger charge is 2.26. The molecule has 1 saturated carbocycles. The molecule has 0 spiro atoms. The summed E-state index contributed by atoms with van der Waals surface area (Å²) in [5, 5.41) is 2.99. The summed E-state index contributed by atoms with van der Waals surface area (Å²) in [5.74, 6) is -1.06. The summed E-state index contributed by atoms with van der Waals surface area (Å²) in [6.07, 6.45) is 6.03. The maximum Gasteiger partial charge on any atom is 0.330 e. The lowest BCUT2D eigenvalue weighted by atomic mass is 10.1. The highest BCUT2D eigenvalue weighted by molar-refractivity contribution is 6.39. The van der Waals surface area contributed by atoms with E-state index in [1.165, 1.54) is 0 Å². The van der Waals surface area contributed by atoms with Crippen molar-refractivity contribution in [3.63, 3.8) is 0 Å². The van der Waals surface area contributed by atoms with E-state index in [1.807, 2.05) is 0 Å². The van der Waals surface area contributed by atoms with E-state index in [2.05, 4.69) is 5.32 Å². The quantitative estimate of drug-likeness (QED) is 0.613. The fourth-order valence-corrected chi connectivity index (χ4v) is 3.33. The van der Waals surface area contributed by atoms with Gasteiger partial charge < -0.3 is 15.8 Å². The van der Waals surface area contributed by atoms with Crippen LogP contribution in [-0.2, 0) is 9.53 Å².